The summed E-state index contributed by atoms with van der Waals surface area (Å²) in [5, 5.41) is 3.21. The Kier molecular flexibility index (Phi) is 2.02. The summed E-state index contributed by atoms with van der Waals surface area (Å²) >= 11 is 0. The van der Waals surface area contributed by atoms with Gasteiger partial charge < -0.3 is 16.0 Å². The lowest BCUT2D eigenvalue weighted by molar-refractivity contribution is -0.114. The number of amides is 1. The van der Waals surface area contributed by atoms with Gasteiger partial charge in [-0.15, -0.1) is 0 Å². The number of carbonyl (C=O) groups is 1. The Morgan fingerprint density at radius 3 is 3.31 bits per heavy atom. The Labute approximate surface area is 76.3 Å². The quantitative estimate of drug-likeness (QED) is 0.525. The van der Waals surface area contributed by atoms with Crippen LogP contribution in [0.3, 0.4) is 0 Å². The number of amidine groups is 1. The van der Waals surface area contributed by atoms with E-state index in [0.29, 0.717) is 12.1 Å². The largest absolute Gasteiger partial charge is 0.366 e. The number of piperazine rings is 1. The van der Waals surface area contributed by atoms with E-state index in [2.05, 4.69) is 15.2 Å². The maximum absolute atomic E-state index is 10.9. The molecule has 0 saturated carbocycles. The molecule has 5 nitrogen and oxygen atoms in total. The molecule has 0 radical (unpaired) electrons. The standard InChI is InChI=1S/C8H12N4O/c9-8(13)6-3-11-7-4-10-1-2-12(7)5-6/h3,10H,1-2,4-5H2,(H2,9,13). The highest BCUT2D eigenvalue weighted by atomic mass is 16.1. The molecule has 2 aliphatic heterocycles. The SMILES string of the molecule is NC(=O)C1=CN=C2CNCCN2C1. The third-order valence-electron chi connectivity index (χ3n) is 2.25. The highest BCUT2D eigenvalue weighted by molar-refractivity contribution is 5.96. The first-order valence-corrected chi connectivity index (χ1v) is 4.28. The van der Waals surface area contributed by atoms with Gasteiger partial charge >= 0.3 is 0 Å². The average molecular weight is 180 g/mol. The van der Waals surface area contributed by atoms with Gasteiger partial charge in [0, 0.05) is 19.3 Å². The lowest BCUT2D eigenvalue weighted by Crippen LogP contribution is -2.50. The minimum absolute atomic E-state index is 0.374. The molecule has 1 fully saturated rings. The molecular formula is C8H12N4O. The van der Waals surface area contributed by atoms with Gasteiger partial charge in [-0.25, -0.2) is 4.99 Å². The minimum Gasteiger partial charge on any atom is -0.366 e. The van der Waals surface area contributed by atoms with Crippen LogP contribution in [0.4, 0.5) is 0 Å². The number of carbonyl (C=O) groups excluding carboxylic acids is 1. The summed E-state index contributed by atoms with van der Waals surface area (Å²) in [6, 6.07) is 0. The third kappa shape index (κ3) is 1.55. The molecule has 1 amide bonds. The van der Waals surface area contributed by atoms with Crippen molar-refractivity contribution in [1.29, 1.82) is 0 Å². The van der Waals surface area contributed by atoms with Crippen molar-refractivity contribution in [3.8, 4) is 0 Å². The lowest BCUT2D eigenvalue weighted by atomic mass is 10.2. The molecule has 13 heavy (non-hydrogen) atoms. The van der Waals surface area contributed by atoms with Crippen LogP contribution in [0.15, 0.2) is 16.8 Å². The molecule has 0 bridgehead atoms. The van der Waals surface area contributed by atoms with Crippen molar-refractivity contribution >= 4 is 11.7 Å². The molecule has 0 atom stereocenters. The fourth-order valence-corrected chi connectivity index (χ4v) is 1.49. The second kappa shape index (κ2) is 3.18. The predicted octanol–water partition coefficient (Wildman–Crippen LogP) is -1.33. The molecule has 0 spiro atoms. The number of rotatable bonds is 1. The van der Waals surface area contributed by atoms with Crippen LogP contribution in [0.2, 0.25) is 0 Å². The van der Waals surface area contributed by atoms with Crippen LogP contribution in [0, 0.1) is 0 Å². The van der Waals surface area contributed by atoms with E-state index >= 15 is 0 Å². The van der Waals surface area contributed by atoms with Crippen molar-refractivity contribution < 1.29 is 4.79 Å². The van der Waals surface area contributed by atoms with Crippen molar-refractivity contribution in [3.05, 3.63) is 11.8 Å². The molecule has 2 aliphatic rings. The van der Waals surface area contributed by atoms with Gasteiger partial charge in [0.15, 0.2) is 0 Å². The van der Waals surface area contributed by atoms with Crippen molar-refractivity contribution in [1.82, 2.24) is 10.2 Å². The van der Waals surface area contributed by atoms with Crippen LogP contribution in [-0.2, 0) is 4.79 Å². The van der Waals surface area contributed by atoms with E-state index in [1.54, 1.807) is 6.20 Å². The Hall–Kier alpha value is -1.36. The van der Waals surface area contributed by atoms with E-state index in [1.807, 2.05) is 0 Å². The molecule has 0 aromatic carbocycles. The van der Waals surface area contributed by atoms with Gasteiger partial charge in [0.2, 0.25) is 5.91 Å². The molecule has 3 N–H and O–H groups in total. The Balaban J connectivity index is 2.18. The Bertz CT molecular complexity index is 295. The molecule has 1 saturated heterocycles. The minimum atomic E-state index is -0.374. The number of aliphatic imine (C=N–C) groups is 1. The van der Waals surface area contributed by atoms with E-state index in [-0.39, 0.29) is 5.91 Å². The molecule has 0 aliphatic carbocycles. The van der Waals surface area contributed by atoms with Gasteiger partial charge in [-0.3, -0.25) is 4.79 Å². The summed E-state index contributed by atoms with van der Waals surface area (Å²) in [6.45, 7) is 3.22. The molecule has 0 aromatic heterocycles. The van der Waals surface area contributed by atoms with E-state index < -0.39 is 0 Å². The molecule has 0 unspecified atom stereocenters. The van der Waals surface area contributed by atoms with Crippen LogP contribution in [-0.4, -0.2) is 42.8 Å². The summed E-state index contributed by atoms with van der Waals surface area (Å²) in [6.07, 6.45) is 1.57. The first-order valence-electron chi connectivity index (χ1n) is 4.28. The van der Waals surface area contributed by atoms with E-state index in [9.17, 15) is 4.79 Å². The summed E-state index contributed by atoms with van der Waals surface area (Å²) in [5.74, 6) is 0.623. The van der Waals surface area contributed by atoms with Crippen molar-refractivity contribution in [3.63, 3.8) is 0 Å². The Morgan fingerprint density at radius 2 is 2.54 bits per heavy atom. The van der Waals surface area contributed by atoms with Crippen LogP contribution in [0.25, 0.3) is 0 Å². The van der Waals surface area contributed by atoms with Crippen LogP contribution >= 0.6 is 0 Å². The normalized spacial score (nSPS) is 21.7. The highest BCUT2D eigenvalue weighted by Crippen LogP contribution is 2.08. The number of fused-ring (bicyclic) bond motifs is 1. The monoisotopic (exact) mass is 180 g/mol. The molecule has 2 rings (SSSR count). The Morgan fingerprint density at radius 1 is 1.69 bits per heavy atom. The van der Waals surface area contributed by atoms with Crippen molar-refractivity contribution in [2.75, 3.05) is 26.2 Å². The first-order chi connectivity index (χ1) is 6.27. The van der Waals surface area contributed by atoms with Crippen molar-refractivity contribution in [2.45, 2.75) is 0 Å². The highest BCUT2D eigenvalue weighted by Gasteiger charge is 2.21. The number of nitrogens with two attached hydrogens (primary N) is 1. The van der Waals surface area contributed by atoms with E-state index in [0.717, 1.165) is 25.5 Å². The average Bonchev–Trinajstić information content (AvgIpc) is 2.17. The maximum atomic E-state index is 10.9. The molecule has 2 heterocycles. The van der Waals surface area contributed by atoms with Gasteiger partial charge in [0.05, 0.1) is 18.7 Å². The maximum Gasteiger partial charge on any atom is 0.247 e. The topological polar surface area (TPSA) is 70.7 Å². The number of hydrogen-bond donors (Lipinski definition) is 2. The fraction of sp³-hybridized carbons (Fsp3) is 0.500. The predicted molar refractivity (Wildman–Crippen MR) is 49.2 cm³/mol. The van der Waals surface area contributed by atoms with E-state index in [4.69, 9.17) is 5.73 Å². The fourth-order valence-electron chi connectivity index (χ4n) is 1.49. The summed E-state index contributed by atoms with van der Waals surface area (Å²) < 4.78 is 0. The summed E-state index contributed by atoms with van der Waals surface area (Å²) in [7, 11) is 0. The van der Waals surface area contributed by atoms with Crippen LogP contribution in [0.5, 0.6) is 0 Å². The second-order valence-electron chi connectivity index (χ2n) is 3.16. The van der Waals surface area contributed by atoms with Crippen LogP contribution in [0.1, 0.15) is 0 Å². The number of hydrogen-bond acceptors (Lipinski definition) is 4. The lowest BCUT2D eigenvalue weighted by Gasteiger charge is -2.32. The van der Waals surface area contributed by atoms with Gasteiger partial charge in [-0.1, -0.05) is 0 Å². The van der Waals surface area contributed by atoms with Gasteiger partial charge in [0.1, 0.15) is 5.84 Å². The van der Waals surface area contributed by atoms with Gasteiger partial charge in [0.25, 0.3) is 0 Å². The smallest absolute Gasteiger partial charge is 0.247 e. The zero-order chi connectivity index (χ0) is 9.26. The molecule has 70 valence electrons. The van der Waals surface area contributed by atoms with Gasteiger partial charge in [-0.05, 0) is 0 Å². The third-order valence-corrected chi connectivity index (χ3v) is 2.25. The van der Waals surface area contributed by atoms with Crippen LogP contribution < -0.4 is 11.1 Å². The summed E-state index contributed by atoms with van der Waals surface area (Å²) in [5.41, 5.74) is 5.76. The number of nitrogens with one attached hydrogen (secondary N) is 1. The zero-order valence-electron chi connectivity index (χ0n) is 7.29. The molecule has 0 aromatic rings. The second-order valence-corrected chi connectivity index (χ2v) is 3.16. The molecule has 5 heteroatoms. The summed E-state index contributed by atoms with van der Waals surface area (Å²) in [4.78, 5) is 17.1. The molecular weight excluding hydrogens is 168 g/mol. The van der Waals surface area contributed by atoms with Gasteiger partial charge in [-0.2, -0.15) is 0 Å². The number of nitrogens with zero attached hydrogens (tertiary/aromatic N) is 2. The zero-order valence-corrected chi connectivity index (χ0v) is 7.29. The van der Waals surface area contributed by atoms with E-state index in [1.165, 1.54) is 0 Å². The first kappa shape index (κ1) is 8.25. The van der Waals surface area contributed by atoms with Crippen molar-refractivity contribution in [2.24, 2.45) is 10.7 Å². The number of primary amides is 1.